The fourth-order valence-electron chi connectivity index (χ4n) is 3.02. The van der Waals surface area contributed by atoms with Crippen LogP contribution in [0.3, 0.4) is 0 Å². The maximum atomic E-state index is 12.4. The van der Waals surface area contributed by atoms with Crippen LogP contribution in [0.4, 0.5) is 5.69 Å². The molecule has 3 aromatic rings. The van der Waals surface area contributed by atoms with Crippen molar-refractivity contribution in [3.05, 3.63) is 69.5 Å². The predicted molar refractivity (Wildman–Crippen MR) is 128 cm³/mol. The molecule has 10 heteroatoms. The SMILES string of the molecule is Cc1c(Br)ccc(NC(=O)CSc2nnc([C@@H](CO)NC(=O)c3ccccc3)n2C)c1C. The average Bonchev–Trinajstić information content (AvgIpc) is 3.17. The molecule has 0 aliphatic carbocycles. The number of hydrogen-bond donors (Lipinski definition) is 3. The van der Waals surface area contributed by atoms with Crippen LogP contribution in [0.15, 0.2) is 52.1 Å². The van der Waals surface area contributed by atoms with E-state index in [0.717, 1.165) is 21.3 Å². The smallest absolute Gasteiger partial charge is 0.251 e. The lowest BCUT2D eigenvalue weighted by molar-refractivity contribution is -0.113. The molecule has 8 nitrogen and oxygen atoms in total. The van der Waals surface area contributed by atoms with Crippen molar-refractivity contribution in [2.24, 2.45) is 7.05 Å². The van der Waals surface area contributed by atoms with E-state index < -0.39 is 6.04 Å². The molecule has 0 saturated heterocycles. The van der Waals surface area contributed by atoms with E-state index >= 15 is 0 Å². The van der Waals surface area contributed by atoms with E-state index in [1.165, 1.54) is 11.8 Å². The van der Waals surface area contributed by atoms with E-state index in [1.807, 2.05) is 32.0 Å². The summed E-state index contributed by atoms with van der Waals surface area (Å²) in [4.78, 5) is 24.9. The van der Waals surface area contributed by atoms with Gasteiger partial charge in [-0.05, 0) is 49.2 Å². The van der Waals surface area contributed by atoms with Gasteiger partial charge in [-0.15, -0.1) is 10.2 Å². The molecule has 168 valence electrons. The number of carbonyl (C=O) groups excluding carboxylic acids is 2. The summed E-state index contributed by atoms with van der Waals surface area (Å²) < 4.78 is 2.66. The highest BCUT2D eigenvalue weighted by Gasteiger charge is 2.22. The van der Waals surface area contributed by atoms with Crippen LogP contribution in [-0.2, 0) is 11.8 Å². The maximum Gasteiger partial charge on any atom is 0.251 e. The number of carbonyl (C=O) groups is 2. The number of aliphatic hydroxyl groups excluding tert-OH is 1. The standard InChI is InChI=1S/C22H24BrN5O3S/c1-13-14(2)17(10-9-16(13)23)24-19(30)12-32-22-27-26-20(28(22)3)18(11-29)25-21(31)15-7-5-4-6-8-15/h4-10,18,29H,11-12H2,1-3H3,(H,24,30)(H,25,31)/t18-/m1/s1. The first-order chi connectivity index (χ1) is 15.3. The molecule has 1 heterocycles. The Morgan fingerprint density at radius 3 is 2.53 bits per heavy atom. The number of hydrogen-bond acceptors (Lipinski definition) is 6. The van der Waals surface area contributed by atoms with Crippen LogP contribution < -0.4 is 10.6 Å². The zero-order valence-electron chi connectivity index (χ0n) is 17.9. The van der Waals surface area contributed by atoms with Crippen LogP contribution in [0.1, 0.15) is 33.4 Å². The van der Waals surface area contributed by atoms with Crippen molar-refractivity contribution in [1.29, 1.82) is 0 Å². The maximum absolute atomic E-state index is 12.4. The minimum atomic E-state index is -0.725. The molecule has 0 unspecified atom stereocenters. The molecule has 32 heavy (non-hydrogen) atoms. The number of nitrogens with one attached hydrogen (secondary N) is 2. The first-order valence-electron chi connectivity index (χ1n) is 9.86. The summed E-state index contributed by atoms with van der Waals surface area (Å²) in [6.07, 6.45) is 0. The Bertz CT molecular complexity index is 1120. The van der Waals surface area contributed by atoms with Crippen LogP contribution in [0.25, 0.3) is 0 Å². The molecule has 0 radical (unpaired) electrons. The Morgan fingerprint density at radius 2 is 1.84 bits per heavy atom. The third kappa shape index (κ3) is 5.56. The lowest BCUT2D eigenvalue weighted by Crippen LogP contribution is -2.32. The molecule has 2 aromatic carbocycles. The van der Waals surface area contributed by atoms with E-state index in [0.29, 0.717) is 16.5 Å². The van der Waals surface area contributed by atoms with Gasteiger partial charge in [0.05, 0.1) is 12.4 Å². The summed E-state index contributed by atoms with van der Waals surface area (Å²) in [6.45, 7) is 3.60. The van der Waals surface area contributed by atoms with Crippen LogP contribution in [0.2, 0.25) is 0 Å². The Kier molecular flexibility index (Phi) is 8.05. The second-order valence-corrected chi connectivity index (χ2v) is 8.95. The Morgan fingerprint density at radius 1 is 1.12 bits per heavy atom. The number of anilines is 1. The number of aliphatic hydroxyl groups is 1. The topological polar surface area (TPSA) is 109 Å². The minimum absolute atomic E-state index is 0.140. The van der Waals surface area contributed by atoms with Crippen molar-refractivity contribution in [2.75, 3.05) is 17.7 Å². The van der Waals surface area contributed by atoms with Crippen molar-refractivity contribution in [3.63, 3.8) is 0 Å². The largest absolute Gasteiger partial charge is 0.394 e. The molecule has 0 saturated carbocycles. The molecule has 0 aliphatic rings. The van der Waals surface area contributed by atoms with E-state index in [9.17, 15) is 14.7 Å². The van der Waals surface area contributed by atoms with Crippen molar-refractivity contribution < 1.29 is 14.7 Å². The highest BCUT2D eigenvalue weighted by molar-refractivity contribution is 9.10. The third-order valence-corrected chi connectivity index (χ3v) is 6.91. The van der Waals surface area contributed by atoms with Gasteiger partial charge in [0.25, 0.3) is 5.91 Å². The number of aromatic nitrogens is 3. The van der Waals surface area contributed by atoms with Gasteiger partial charge in [0.1, 0.15) is 6.04 Å². The highest BCUT2D eigenvalue weighted by atomic mass is 79.9. The molecule has 3 N–H and O–H groups in total. The quantitative estimate of drug-likeness (QED) is 0.395. The summed E-state index contributed by atoms with van der Waals surface area (Å²) in [7, 11) is 1.73. The monoisotopic (exact) mass is 517 g/mol. The molecule has 1 atom stereocenters. The summed E-state index contributed by atoms with van der Waals surface area (Å²) >= 11 is 4.71. The van der Waals surface area contributed by atoms with Gasteiger partial charge in [-0.2, -0.15) is 0 Å². The van der Waals surface area contributed by atoms with Crippen LogP contribution in [0.5, 0.6) is 0 Å². The zero-order valence-corrected chi connectivity index (χ0v) is 20.3. The summed E-state index contributed by atoms with van der Waals surface area (Å²) in [5.41, 5.74) is 3.32. The molecule has 0 spiro atoms. The summed E-state index contributed by atoms with van der Waals surface area (Å²) in [6, 6.07) is 11.8. The molecular formula is C22H24BrN5O3S. The van der Waals surface area contributed by atoms with E-state index in [4.69, 9.17) is 0 Å². The van der Waals surface area contributed by atoms with Crippen molar-refractivity contribution in [3.8, 4) is 0 Å². The van der Waals surface area contributed by atoms with Gasteiger partial charge in [-0.3, -0.25) is 9.59 Å². The minimum Gasteiger partial charge on any atom is -0.394 e. The lowest BCUT2D eigenvalue weighted by atomic mass is 10.1. The fraction of sp³-hybridized carbons (Fsp3) is 0.273. The van der Waals surface area contributed by atoms with Gasteiger partial charge in [-0.25, -0.2) is 0 Å². The number of thioether (sulfide) groups is 1. The molecule has 3 rings (SSSR count). The van der Waals surface area contributed by atoms with Gasteiger partial charge in [0.2, 0.25) is 5.91 Å². The van der Waals surface area contributed by atoms with Crippen molar-refractivity contribution >= 4 is 45.2 Å². The molecular weight excluding hydrogens is 494 g/mol. The van der Waals surface area contributed by atoms with E-state index in [1.54, 1.807) is 35.9 Å². The number of halogens is 1. The van der Waals surface area contributed by atoms with Gasteiger partial charge in [0.15, 0.2) is 11.0 Å². The average molecular weight is 518 g/mol. The second kappa shape index (κ2) is 10.8. The van der Waals surface area contributed by atoms with Gasteiger partial charge < -0.3 is 20.3 Å². The predicted octanol–water partition coefficient (Wildman–Crippen LogP) is 3.39. The van der Waals surface area contributed by atoms with E-state index in [-0.39, 0.29) is 24.2 Å². The lowest BCUT2D eigenvalue weighted by Gasteiger charge is -2.16. The second-order valence-electron chi connectivity index (χ2n) is 7.16. The normalized spacial score (nSPS) is 11.8. The molecule has 0 fully saturated rings. The number of benzene rings is 2. The van der Waals surface area contributed by atoms with Crippen molar-refractivity contribution in [2.45, 2.75) is 25.0 Å². The van der Waals surface area contributed by atoms with Gasteiger partial charge in [0, 0.05) is 22.8 Å². The number of rotatable bonds is 8. The molecule has 0 bridgehead atoms. The fourth-order valence-corrected chi connectivity index (χ4v) is 4.17. The Labute approximate surface area is 198 Å². The summed E-state index contributed by atoms with van der Waals surface area (Å²) in [5, 5.41) is 24.2. The zero-order chi connectivity index (χ0) is 23.3. The third-order valence-electron chi connectivity index (χ3n) is 5.03. The Balaban J connectivity index is 1.63. The molecule has 1 aromatic heterocycles. The summed E-state index contributed by atoms with van der Waals surface area (Å²) in [5.74, 6) is 0.0571. The van der Waals surface area contributed by atoms with Gasteiger partial charge >= 0.3 is 0 Å². The van der Waals surface area contributed by atoms with Gasteiger partial charge in [-0.1, -0.05) is 45.9 Å². The first-order valence-corrected chi connectivity index (χ1v) is 11.6. The number of amides is 2. The highest BCUT2D eigenvalue weighted by Crippen LogP contribution is 2.26. The van der Waals surface area contributed by atoms with Crippen molar-refractivity contribution in [1.82, 2.24) is 20.1 Å². The van der Waals surface area contributed by atoms with Crippen LogP contribution >= 0.6 is 27.7 Å². The van der Waals surface area contributed by atoms with Crippen LogP contribution in [-0.4, -0.2) is 44.0 Å². The first kappa shape index (κ1) is 24.0. The van der Waals surface area contributed by atoms with Crippen LogP contribution in [0, 0.1) is 13.8 Å². The van der Waals surface area contributed by atoms with E-state index in [2.05, 4.69) is 36.8 Å². The molecule has 0 aliphatic heterocycles. The number of nitrogens with zero attached hydrogens (tertiary/aromatic N) is 3. The molecule has 2 amide bonds. The Hall–Kier alpha value is -2.69.